The van der Waals surface area contributed by atoms with E-state index in [0.717, 1.165) is 31.7 Å². The number of para-hydroxylation sites is 1. The average Bonchev–Trinajstić information content (AvgIpc) is 2.90. The first kappa shape index (κ1) is 15.0. The Kier molecular flexibility index (Phi) is 4.40. The second-order valence-electron chi connectivity index (χ2n) is 5.84. The molecule has 2 fully saturated rings. The standard InChI is InChI=1S/C16H21N3O3/c20-15(21)12-17-8-10-18(11-9-17)14-6-7-19(16(14)22)13-4-2-1-3-5-13/h1-5,14H,6-12H2,(H,20,21). The normalized spacial score (nSPS) is 23.9. The molecule has 118 valence electrons. The summed E-state index contributed by atoms with van der Waals surface area (Å²) in [5.74, 6) is -0.626. The van der Waals surface area contributed by atoms with Crippen molar-refractivity contribution in [1.82, 2.24) is 9.80 Å². The molecule has 3 rings (SSSR count). The minimum atomic E-state index is -0.791. The van der Waals surface area contributed by atoms with E-state index in [0.29, 0.717) is 13.1 Å². The summed E-state index contributed by atoms with van der Waals surface area (Å²) in [5, 5.41) is 8.83. The van der Waals surface area contributed by atoms with Crippen molar-refractivity contribution in [3.63, 3.8) is 0 Å². The van der Waals surface area contributed by atoms with E-state index in [-0.39, 0.29) is 18.5 Å². The molecule has 1 aromatic carbocycles. The second kappa shape index (κ2) is 6.46. The maximum absolute atomic E-state index is 12.6. The van der Waals surface area contributed by atoms with Gasteiger partial charge in [-0.2, -0.15) is 0 Å². The lowest BCUT2D eigenvalue weighted by Crippen LogP contribution is -2.53. The smallest absolute Gasteiger partial charge is 0.317 e. The van der Waals surface area contributed by atoms with Gasteiger partial charge in [-0.15, -0.1) is 0 Å². The van der Waals surface area contributed by atoms with Crippen molar-refractivity contribution >= 4 is 17.6 Å². The highest BCUT2D eigenvalue weighted by Gasteiger charge is 2.37. The third-order valence-electron chi connectivity index (χ3n) is 4.45. The molecule has 1 unspecified atom stereocenters. The van der Waals surface area contributed by atoms with Crippen LogP contribution in [-0.4, -0.2) is 72.1 Å². The van der Waals surface area contributed by atoms with Gasteiger partial charge in [0.2, 0.25) is 5.91 Å². The summed E-state index contributed by atoms with van der Waals surface area (Å²) in [4.78, 5) is 29.4. The fourth-order valence-corrected chi connectivity index (χ4v) is 3.29. The molecule has 22 heavy (non-hydrogen) atoms. The zero-order chi connectivity index (χ0) is 15.5. The molecule has 0 bridgehead atoms. The molecular weight excluding hydrogens is 282 g/mol. The maximum atomic E-state index is 12.6. The van der Waals surface area contributed by atoms with E-state index in [4.69, 9.17) is 5.11 Å². The number of aliphatic carboxylic acids is 1. The van der Waals surface area contributed by atoms with Crippen LogP contribution in [0.4, 0.5) is 5.69 Å². The van der Waals surface area contributed by atoms with Gasteiger partial charge in [0.15, 0.2) is 0 Å². The first-order valence-corrected chi connectivity index (χ1v) is 7.70. The van der Waals surface area contributed by atoms with Crippen LogP contribution in [0.5, 0.6) is 0 Å². The van der Waals surface area contributed by atoms with Crippen molar-refractivity contribution in [2.45, 2.75) is 12.5 Å². The number of rotatable bonds is 4. The molecular formula is C16H21N3O3. The molecule has 0 aromatic heterocycles. The summed E-state index contributed by atoms with van der Waals surface area (Å²) in [6.45, 7) is 3.77. The van der Waals surface area contributed by atoms with E-state index < -0.39 is 5.97 Å². The van der Waals surface area contributed by atoms with Crippen LogP contribution >= 0.6 is 0 Å². The topological polar surface area (TPSA) is 64.1 Å². The van der Waals surface area contributed by atoms with E-state index in [1.807, 2.05) is 40.1 Å². The van der Waals surface area contributed by atoms with Gasteiger partial charge in [-0.25, -0.2) is 0 Å². The van der Waals surface area contributed by atoms with E-state index in [9.17, 15) is 9.59 Å². The molecule has 0 saturated carbocycles. The van der Waals surface area contributed by atoms with Gasteiger partial charge in [0.25, 0.3) is 0 Å². The maximum Gasteiger partial charge on any atom is 0.317 e. The van der Waals surface area contributed by atoms with Gasteiger partial charge in [0.05, 0.1) is 12.6 Å². The van der Waals surface area contributed by atoms with Crippen molar-refractivity contribution in [1.29, 1.82) is 0 Å². The Morgan fingerprint density at radius 3 is 2.41 bits per heavy atom. The molecule has 1 aromatic rings. The Bertz CT molecular complexity index is 541. The number of nitrogens with zero attached hydrogens (tertiary/aromatic N) is 3. The second-order valence-corrected chi connectivity index (χ2v) is 5.84. The first-order valence-electron chi connectivity index (χ1n) is 7.70. The highest BCUT2D eigenvalue weighted by molar-refractivity contribution is 5.99. The molecule has 1 amide bonds. The third-order valence-corrected chi connectivity index (χ3v) is 4.45. The van der Waals surface area contributed by atoms with Crippen molar-refractivity contribution < 1.29 is 14.7 Å². The zero-order valence-corrected chi connectivity index (χ0v) is 12.5. The highest BCUT2D eigenvalue weighted by Crippen LogP contribution is 2.24. The third kappa shape index (κ3) is 3.13. The summed E-state index contributed by atoms with van der Waals surface area (Å²) in [7, 11) is 0. The average molecular weight is 303 g/mol. The van der Waals surface area contributed by atoms with Gasteiger partial charge in [-0.3, -0.25) is 19.4 Å². The fraction of sp³-hybridized carbons (Fsp3) is 0.500. The van der Waals surface area contributed by atoms with Crippen LogP contribution in [0, 0.1) is 0 Å². The molecule has 2 aliphatic rings. The fourth-order valence-electron chi connectivity index (χ4n) is 3.29. The Balaban J connectivity index is 1.59. The van der Waals surface area contributed by atoms with E-state index in [1.165, 1.54) is 0 Å². The lowest BCUT2D eigenvalue weighted by atomic mass is 10.2. The van der Waals surface area contributed by atoms with Crippen LogP contribution in [0.25, 0.3) is 0 Å². The molecule has 1 N–H and O–H groups in total. The number of piperazine rings is 1. The van der Waals surface area contributed by atoms with Crippen molar-refractivity contribution in [2.24, 2.45) is 0 Å². The molecule has 2 heterocycles. The Labute approximate surface area is 129 Å². The lowest BCUT2D eigenvalue weighted by Gasteiger charge is -2.36. The SMILES string of the molecule is O=C(O)CN1CCN(C2CCN(c3ccccc3)C2=O)CC1. The van der Waals surface area contributed by atoms with E-state index >= 15 is 0 Å². The quantitative estimate of drug-likeness (QED) is 0.877. The summed E-state index contributed by atoms with van der Waals surface area (Å²) in [6.07, 6.45) is 0.840. The van der Waals surface area contributed by atoms with Crippen LogP contribution in [-0.2, 0) is 9.59 Å². The molecule has 6 heteroatoms. The van der Waals surface area contributed by atoms with Gasteiger partial charge in [-0.05, 0) is 18.6 Å². The number of anilines is 1. The van der Waals surface area contributed by atoms with Crippen LogP contribution in [0.3, 0.4) is 0 Å². The number of benzene rings is 1. The number of carboxylic acid groups (broad SMARTS) is 1. The van der Waals surface area contributed by atoms with Gasteiger partial charge in [0.1, 0.15) is 0 Å². The molecule has 0 aliphatic carbocycles. The number of carboxylic acids is 1. The molecule has 6 nitrogen and oxygen atoms in total. The monoisotopic (exact) mass is 303 g/mol. The lowest BCUT2D eigenvalue weighted by molar-refractivity contribution is -0.139. The number of amides is 1. The van der Waals surface area contributed by atoms with Gasteiger partial charge >= 0.3 is 5.97 Å². The van der Waals surface area contributed by atoms with Crippen LogP contribution in [0.15, 0.2) is 30.3 Å². The molecule has 2 saturated heterocycles. The van der Waals surface area contributed by atoms with Crippen molar-refractivity contribution in [3.8, 4) is 0 Å². The van der Waals surface area contributed by atoms with Crippen LogP contribution in [0.2, 0.25) is 0 Å². The van der Waals surface area contributed by atoms with Gasteiger partial charge < -0.3 is 10.0 Å². The van der Waals surface area contributed by atoms with Crippen LogP contribution < -0.4 is 4.90 Å². The molecule has 1 atom stereocenters. The zero-order valence-electron chi connectivity index (χ0n) is 12.5. The first-order chi connectivity index (χ1) is 10.6. The Morgan fingerprint density at radius 2 is 1.77 bits per heavy atom. The minimum absolute atomic E-state index is 0.0628. The van der Waals surface area contributed by atoms with Gasteiger partial charge in [0, 0.05) is 38.4 Å². The summed E-state index contributed by atoms with van der Waals surface area (Å²) >= 11 is 0. The molecule has 0 spiro atoms. The predicted molar refractivity (Wildman–Crippen MR) is 82.8 cm³/mol. The molecule has 2 aliphatic heterocycles. The Morgan fingerprint density at radius 1 is 1.09 bits per heavy atom. The highest BCUT2D eigenvalue weighted by atomic mass is 16.4. The largest absolute Gasteiger partial charge is 0.480 e. The number of carbonyl (C=O) groups is 2. The van der Waals surface area contributed by atoms with Crippen molar-refractivity contribution in [3.05, 3.63) is 30.3 Å². The predicted octanol–water partition coefficient (Wildman–Crippen LogP) is 0.494. The van der Waals surface area contributed by atoms with Gasteiger partial charge in [-0.1, -0.05) is 18.2 Å². The summed E-state index contributed by atoms with van der Waals surface area (Å²) in [6, 6.07) is 9.70. The Hall–Kier alpha value is -1.92. The summed E-state index contributed by atoms with van der Waals surface area (Å²) < 4.78 is 0. The van der Waals surface area contributed by atoms with E-state index in [1.54, 1.807) is 0 Å². The van der Waals surface area contributed by atoms with Crippen molar-refractivity contribution in [2.75, 3.05) is 44.2 Å². The summed E-state index contributed by atoms with van der Waals surface area (Å²) in [5.41, 5.74) is 0.958. The number of carbonyl (C=O) groups excluding carboxylic acids is 1. The van der Waals surface area contributed by atoms with Crippen LogP contribution in [0.1, 0.15) is 6.42 Å². The van der Waals surface area contributed by atoms with E-state index in [2.05, 4.69) is 4.90 Å². The molecule has 0 radical (unpaired) electrons. The number of hydrogen-bond acceptors (Lipinski definition) is 4. The minimum Gasteiger partial charge on any atom is -0.480 e. The number of hydrogen-bond donors (Lipinski definition) is 1.